The number of carbonyl (C=O) groups is 1. The summed E-state index contributed by atoms with van der Waals surface area (Å²) in [5.74, 6) is -0.324. The summed E-state index contributed by atoms with van der Waals surface area (Å²) in [5.41, 5.74) is 6.56. The van der Waals surface area contributed by atoms with Crippen molar-refractivity contribution in [2.75, 3.05) is 11.6 Å². The number of nitrogens with zero attached hydrogens (tertiary/aromatic N) is 4. The maximum Gasteiger partial charge on any atom is 0.346 e. The number of anilines is 1. The van der Waals surface area contributed by atoms with Gasteiger partial charge in [0.2, 0.25) is 0 Å². The fraction of sp³-hybridized carbons (Fsp3) is 0.268. The van der Waals surface area contributed by atoms with E-state index in [2.05, 4.69) is 79.5 Å². The van der Waals surface area contributed by atoms with Gasteiger partial charge in [-0.2, -0.15) is 10.4 Å². The maximum atomic E-state index is 11.3. The monoisotopic (exact) mass is 730 g/mol. The molecule has 51 heavy (non-hydrogen) atoms. The van der Waals surface area contributed by atoms with Crippen LogP contribution in [0.2, 0.25) is 0 Å². The number of rotatable bonds is 13. The Labute approximate surface area is 310 Å². The van der Waals surface area contributed by atoms with E-state index in [1.807, 2.05) is 18.2 Å². The van der Waals surface area contributed by atoms with Crippen molar-refractivity contribution < 1.29 is 14.6 Å². The number of hydrogen-bond acceptors (Lipinski definition) is 9. The van der Waals surface area contributed by atoms with Crippen molar-refractivity contribution in [2.45, 2.75) is 64.8 Å². The molecule has 0 saturated carbocycles. The van der Waals surface area contributed by atoms with Crippen LogP contribution >= 0.6 is 34.0 Å². The number of para-hydroxylation sites is 1. The minimum Gasteiger partial charge on any atom is -0.493 e. The van der Waals surface area contributed by atoms with E-state index in [-0.39, 0.29) is 11.6 Å². The predicted molar refractivity (Wildman–Crippen MR) is 211 cm³/mol. The van der Waals surface area contributed by atoms with Crippen LogP contribution in [0.4, 0.5) is 5.69 Å². The molecule has 2 aliphatic rings. The molecule has 0 fully saturated rings. The van der Waals surface area contributed by atoms with Gasteiger partial charge < -0.3 is 9.84 Å². The summed E-state index contributed by atoms with van der Waals surface area (Å²) in [6, 6.07) is 26.7. The largest absolute Gasteiger partial charge is 0.493 e. The van der Waals surface area contributed by atoms with Crippen LogP contribution in [0, 0.1) is 11.3 Å². The predicted octanol–water partition coefficient (Wildman–Crippen LogP) is 11.3. The van der Waals surface area contributed by atoms with Crippen LogP contribution in [-0.2, 0) is 11.2 Å². The van der Waals surface area contributed by atoms with E-state index in [4.69, 9.17) is 14.8 Å². The molecular formula is C41H38N4O3S3. The standard InChI is InChI=1S/C41H38N4O3S3/c1-3-4-5-8-21-48-35-10-7-6-9-31(35)34-24-33(36-19-20-38(50-36)37-18-16-30(49-37)23-28(25-42)41(46)47)44-45(34)29-14-12-27(13-15-29)40-43-32-17-11-26(2)22-39(32)51-40/h6-7,9-10,12-16,18-20,22-23,34H,3-5,8,11,17,21,24H2,1-2H3,(H,46,47)/b28-23+. The highest BCUT2D eigenvalue weighted by Gasteiger charge is 2.33. The summed E-state index contributed by atoms with van der Waals surface area (Å²) in [6.45, 7) is 5.10. The molecule has 10 heteroatoms. The van der Waals surface area contributed by atoms with E-state index < -0.39 is 5.97 Å². The molecule has 1 N–H and O–H groups in total. The van der Waals surface area contributed by atoms with Crippen molar-refractivity contribution in [3.05, 3.63) is 110 Å². The van der Waals surface area contributed by atoms with Crippen LogP contribution in [0.1, 0.15) is 84.3 Å². The molecule has 0 amide bonds. The highest BCUT2D eigenvalue weighted by atomic mass is 32.1. The average Bonchev–Trinajstić information content (AvgIpc) is 3.96. The number of unbranched alkanes of at least 4 members (excludes halogenated alkanes) is 3. The number of thiophene rings is 2. The minimum atomic E-state index is -1.23. The van der Waals surface area contributed by atoms with Crippen molar-refractivity contribution in [1.82, 2.24) is 4.98 Å². The second kappa shape index (κ2) is 15.6. The van der Waals surface area contributed by atoms with E-state index in [9.17, 15) is 15.2 Å². The van der Waals surface area contributed by atoms with Crippen LogP contribution in [-0.4, -0.2) is 28.4 Å². The van der Waals surface area contributed by atoms with Gasteiger partial charge in [-0.1, -0.05) is 50.0 Å². The molecule has 7 rings (SSSR count). The zero-order valence-corrected chi connectivity index (χ0v) is 31.0. The third-order valence-corrected chi connectivity index (χ3v) is 12.5. The molecule has 2 aromatic carbocycles. The van der Waals surface area contributed by atoms with Gasteiger partial charge in [-0.05, 0) is 92.9 Å². The van der Waals surface area contributed by atoms with Gasteiger partial charge in [0.15, 0.2) is 0 Å². The third kappa shape index (κ3) is 7.76. The summed E-state index contributed by atoms with van der Waals surface area (Å²) >= 11 is 4.89. The normalized spacial score (nSPS) is 15.7. The second-order valence-electron chi connectivity index (χ2n) is 12.8. The Balaban J connectivity index is 1.18. The van der Waals surface area contributed by atoms with Gasteiger partial charge in [-0.3, -0.25) is 5.01 Å². The number of carboxylic acid groups (broad SMARTS) is 1. The van der Waals surface area contributed by atoms with E-state index in [0.717, 1.165) is 78.5 Å². The third-order valence-electron chi connectivity index (χ3n) is 9.08. The SMILES string of the molecule is CCCCCCOc1ccccc1C1CC(c2ccc(-c3ccc(/C=C(\C#N)C(=O)O)s3)s2)=NN1c1ccc(-c2nc3c(s2)C=C(C)CC3)cc1. The second-order valence-corrected chi connectivity index (χ2v) is 16.0. The van der Waals surface area contributed by atoms with Crippen LogP contribution in [0.15, 0.2) is 89.0 Å². The number of nitriles is 1. The van der Waals surface area contributed by atoms with E-state index in [1.165, 1.54) is 46.4 Å². The molecular weight excluding hydrogens is 693 g/mol. The molecule has 1 unspecified atom stereocenters. The molecule has 5 aromatic rings. The Hall–Kier alpha value is -4.82. The van der Waals surface area contributed by atoms with Crippen molar-refractivity contribution in [3.63, 3.8) is 0 Å². The molecule has 1 aliphatic heterocycles. The number of aliphatic carboxylic acids is 1. The van der Waals surface area contributed by atoms with E-state index >= 15 is 0 Å². The fourth-order valence-electron chi connectivity index (χ4n) is 6.36. The van der Waals surface area contributed by atoms with Gasteiger partial charge in [-0.25, -0.2) is 9.78 Å². The molecule has 1 atom stereocenters. The summed E-state index contributed by atoms with van der Waals surface area (Å²) in [5, 5.41) is 26.9. The van der Waals surface area contributed by atoms with Crippen molar-refractivity contribution >= 4 is 63.5 Å². The lowest BCUT2D eigenvalue weighted by molar-refractivity contribution is -0.132. The smallest absolute Gasteiger partial charge is 0.346 e. The Morgan fingerprint density at radius 2 is 1.76 bits per heavy atom. The number of aromatic nitrogens is 1. The van der Waals surface area contributed by atoms with Crippen molar-refractivity contribution in [2.24, 2.45) is 5.10 Å². The number of thiazole rings is 1. The molecule has 7 nitrogen and oxygen atoms in total. The van der Waals surface area contributed by atoms with Crippen LogP contribution in [0.25, 0.3) is 32.5 Å². The number of hydrogen-bond donors (Lipinski definition) is 1. The van der Waals surface area contributed by atoms with Gasteiger partial charge in [0.25, 0.3) is 0 Å². The number of carboxylic acids is 1. The molecule has 1 aliphatic carbocycles. The molecule has 258 valence electrons. The Morgan fingerprint density at radius 3 is 2.57 bits per heavy atom. The first-order chi connectivity index (χ1) is 24.9. The topological polar surface area (TPSA) is 98.8 Å². The molecule has 0 spiro atoms. The van der Waals surface area contributed by atoms with Gasteiger partial charge in [0, 0.05) is 32.2 Å². The number of fused-ring (bicyclic) bond motifs is 1. The zero-order chi connectivity index (χ0) is 35.3. The molecule has 4 heterocycles. The lowest BCUT2D eigenvalue weighted by Gasteiger charge is -2.26. The average molecular weight is 731 g/mol. The number of aryl methyl sites for hydroxylation is 1. The lowest BCUT2D eigenvalue weighted by atomic mass is 9.99. The summed E-state index contributed by atoms with van der Waals surface area (Å²) in [6.07, 6.45) is 11.1. The molecule has 0 radical (unpaired) electrons. The van der Waals surface area contributed by atoms with Gasteiger partial charge in [-0.15, -0.1) is 34.0 Å². The number of hydrazone groups is 1. The number of allylic oxidation sites excluding steroid dienone is 1. The number of ether oxygens (including phenoxy) is 1. The summed E-state index contributed by atoms with van der Waals surface area (Å²) < 4.78 is 6.41. The van der Waals surface area contributed by atoms with E-state index in [1.54, 1.807) is 28.7 Å². The fourth-order valence-corrected chi connectivity index (χ4v) is 9.54. The Morgan fingerprint density at radius 1 is 0.980 bits per heavy atom. The Kier molecular flexibility index (Phi) is 10.6. The summed E-state index contributed by atoms with van der Waals surface area (Å²) in [4.78, 5) is 21.5. The summed E-state index contributed by atoms with van der Waals surface area (Å²) in [7, 11) is 0. The quantitative estimate of drug-likeness (QED) is 0.0735. The minimum absolute atomic E-state index is 0.0533. The van der Waals surface area contributed by atoms with Crippen LogP contribution in [0.3, 0.4) is 0 Å². The van der Waals surface area contributed by atoms with Crippen LogP contribution < -0.4 is 9.75 Å². The van der Waals surface area contributed by atoms with Gasteiger partial charge in [0.05, 0.1) is 39.5 Å². The number of benzene rings is 2. The molecule has 0 bridgehead atoms. The van der Waals surface area contributed by atoms with Gasteiger partial charge >= 0.3 is 5.97 Å². The lowest BCUT2D eigenvalue weighted by Crippen LogP contribution is -2.19. The zero-order valence-electron chi connectivity index (χ0n) is 28.6. The van der Waals surface area contributed by atoms with Crippen molar-refractivity contribution in [3.8, 4) is 32.1 Å². The Bertz CT molecular complexity index is 2180. The van der Waals surface area contributed by atoms with Gasteiger partial charge in [0.1, 0.15) is 22.4 Å². The molecule has 0 saturated heterocycles. The first-order valence-corrected chi connectivity index (χ1v) is 19.8. The van der Waals surface area contributed by atoms with Crippen LogP contribution in [0.5, 0.6) is 5.75 Å². The van der Waals surface area contributed by atoms with Crippen molar-refractivity contribution in [1.29, 1.82) is 5.26 Å². The highest BCUT2D eigenvalue weighted by molar-refractivity contribution is 7.23. The first-order valence-electron chi connectivity index (χ1n) is 17.3. The maximum absolute atomic E-state index is 11.3. The molecule has 3 aromatic heterocycles. The first kappa shape index (κ1) is 34.6. The highest BCUT2D eigenvalue weighted by Crippen LogP contribution is 2.43. The van der Waals surface area contributed by atoms with E-state index in [0.29, 0.717) is 13.0 Å².